The maximum Gasteiger partial charge on any atom is 0.239 e. The van der Waals surface area contributed by atoms with E-state index in [2.05, 4.69) is 5.32 Å². The number of carbonyl (C=O) groups excluding carboxylic acids is 2. The number of ether oxygens (including phenoxy) is 2. The summed E-state index contributed by atoms with van der Waals surface area (Å²) in [6.45, 7) is 2.32. The molecule has 0 heterocycles. The van der Waals surface area contributed by atoms with Gasteiger partial charge < -0.3 is 19.7 Å². The third-order valence-electron chi connectivity index (χ3n) is 4.18. The Balaban J connectivity index is 1.91. The molecule has 0 aliphatic carbocycles. The smallest absolute Gasteiger partial charge is 0.239 e. The van der Waals surface area contributed by atoms with Crippen LogP contribution in [-0.4, -0.2) is 44.0 Å². The quantitative estimate of drug-likeness (QED) is 0.736. The SMILES string of the molecule is COc1ccc(CN(CC(=O)NCCc2ccccc2)C(C)=O)cc1OC. The van der Waals surface area contributed by atoms with E-state index in [0.717, 1.165) is 17.5 Å². The summed E-state index contributed by atoms with van der Waals surface area (Å²) in [5.41, 5.74) is 2.02. The van der Waals surface area contributed by atoms with E-state index in [4.69, 9.17) is 9.47 Å². The first-order valence-electron chi connectivity index (χ1n) is 8.80. The lowest BCUT2D eigenvalue weighted by molar-refractivity contribution is -0.134. The molecule has 144 valence electrons. The summed E-state index contributed by atoms with van der Waals surface area (Å²) in [7, 11) is 3.13. The number of hydrogen-bond acceptors (Lipinski definition) is 4. The molecule has 1 N–H and O–H groups in total. The first-order valence-corrected chi connectivity index (χ1v) is 8.80. The maximum atomic E-state index is 12.2. The molecule has 0 aliphatic rings. The highest BCUT2D eigenvalue weighted by atomic mass is 16.5. The van der Waals surface area contributed by atoms with Crippen molar-refractivity contribution in [3.8, 4) is 11.5 Å². The molecule has 2 rings (SSSR count). The third kappa shape index (κ3) is 6.33. The molecule has 6 nitrogen and oxygen atoms in total. The van der Waals surface area contributed by atoms with E-state index in [0.29, 0.717) is 24.6 Å². The van der Waals surface area contributed by atoms with Crippen LogP contribution in [0.2, 0.25) is 0 Å². The van der Waals surface area contributed by atoms with Gasteiger partial charge >= 0.3 is 0 Å². The van der Waals surface area contributed by atoms with Gasteiger partial charge in [0, 0.05) is 20.0 Å². The second kappa shape index (κ2) is 10.2. The van der Waals surface area contributed by atoms with Crippen LogP contribution in [0.25, 0.3) is 0 Å². The molecule has 0 spiro atoms. The number of nitrogens with one attached hydrogen (secondary N) is 1. The van der Waals surface area contributed by atoms with Crippen LogP contribution in [0.4, 0.5) is 0 Å². The summed E-state index contributed by atoms with van der Waals surface area (Å²) in [6, 6.07) is 15.4. The number of methoxy groups -OCH3 is 2. The van der Waals surface area contributed by atoms with E-state index in [-0.39, 0.29) is 18.4 Å². The maximum absolute atomic E-state index is 12.2. The average molecular weight is 370 g/mol. The van der Waals surface area contributed by atoms with Crippen LogP contribution in [0.3, 0.4) is 0 Å². The van der Waals surface area contributed by atoms with Gasteiger partial charge in [0.2, 0.25) is 11.8 Å². The topological polar surface area (TPSA) is 67.9 Å². The molecule has 2 aromatic rings. The molecule has 0 aromatic heterocycles. The van der Waals surface area contributed by atoms with E-state index >= 15 is 0 Å². The fourth-order valence-electron chi connectivity index (χ4n) is 2.70. The molecule has 2 amide bonds. The van der Waals surface area contributed by atoms with Gasteiger partial charge in [-0.15, -0.1) is 0 Å². The van der Waals surface area contributed by atoms with Crippen molar-refractivity contribution in [1.29, 1.82) is 0 Å². The van der Waals surface area contributed by atoms with Gasteiger partial charge in [-0.2, -0.15) is 0 Å². The van der Waals surface area contributed by atoms with Gasteiger partial charge in [-0.05, 0) is 29.7 Å². The minimum atomic E-state index is -0.179. The normalized spacial score (nSPS) is 10.2. The van der Waals surface area contributed by atoms with Crippen molar-refractivity contribution in [3.63, 3.8) is 0 Å². The van der Waals surface area contributed by atoms with E-state index in [1.165, 1.54) is 11.8 Å². The molecular formula is C21H26N2O4. The van der Waals surface area contributed by atoms with Gasteiger partial charge in [0.25, 0.3) is 0 Å². The molecule has 0 fully saturated rings. The number of hydrogen-bond donors (Lipinski definition) is 1. The summed E-state index contributed by atoms with van der Waals surface area (Å²) in [5, 5.41) is 2.87. The van der Waals surface area contributed by atoms with Crippen LogP contribution in [0.1, 0.15) is 18.1 Å². The lowest BCUT2D eigenvalue weighted by atomic mass is 10.1. The fourth-order valence-corrected chi connectivity index (χ4v) is 2.70. The van der Waals surface area contributed by atoms with Crippen LogP contribution in [-0.2, 0) is 22.6 Å². The monoisotopic (exact) mass is 370 g/mol. The number of nitrogens with zero attached hydrogens (tertiary/aromatic N) is 1. The predicted octanol–water partition coefficient (Wildman–Crippen LogP) is 2.41. The second-order valence-electron chi connectivity index (χ2n) is 6.15. The van der Waals surface area contributed by atoms with Crippen LogP contribution < -0.4 is 14.8 Å². The first-order chi connectivity index (χ1) is 13.0. The zero-order valence-corrected chi connectivity index (χ0v) is 16.0. The molecule has 6 heteroatoms. The molecule has 0 saturated carbocycles. The predicted molar refractivity (Wildman–Crippen MR) is 104 cm³/mol. The highest BCUT2D eigenvalue weighted by Crippen LogP contribution is 2.28. The summed E-state index contributed by atoms with van der Waals surface area (Å²) < 4.78 is 10.5. The number of benzene rings is 2. The fraction of sp³-hybridized carbons (Fsp3) is 0.333. The molecule has 0 bridgehead atoms. The van der Waals surface area contributed by atoms with E-state index in [1.54, 1.807) is 20.3 Å². The molecule has 0 radical (unpaired) electrons. The van der Waals surface area contributed by atoms with E-state index in [1.807, 2.05) is 42.5 Å². The Morgan fingerprint density at radius 3 is 2.30 bits per heavy atom. The molecular weight excluding hydrogens is 344 g/mol. The van der Waals surface area contributed by atoms with Gasteiger partial charge in [-0.1, -0.05) is 36.4 Å². The van der Waals surface area contributed by atoms with Crippen LogP contribution in [0.15, 0.2) is 48.5 Å². The molecule has 27 heavy (non-hydrogen) atoms. The Morgan fingerprint density at radius 1 is 0.963 bits per heavy atom. The summed E-state index contributed by atoms with van der Waals surface area (Å²) in [6.07, 6.45) is 0.752. The molecule has 0 unspecified atom stereocenters. The van der Waals surface area contributed by atoms with Gasteiger partial charge in [-0.3, -0.25) is 9.59 Å². The largest absolute Gasteiger partial charge is 0.493 e. The van der Waals surface area contributed by atoms with E-state index in [9.17, 15) is 9.59 Å². The lowest BCUT2D eigenvalue weighted by Gasteiger charge is -2.21. The minimum absolute atomic E-state index is 0.0124. The van der Waals surface area contributed by atoms with Crippen molar-refractivity contribution >= 4 is 11.8 Å². The Morgan fingerprint density at radius 2 is 1.67 bits per heavy atom. The molecule has 2 aromatic carbocycles. The van der Waals surface area contributed by atoms with Gasteiger partial charge in [0.05, 0.1) is 20.8 Å². The Kier molecular flexibility index (Phi) is 7.67. The zero-order valence-electron chi connectivity index (χ0n) is 16.0. The number of amides is 2. The van der Waals surface area contributed by atoms with Crippen molar-refractivity contribution in [2.45, 2.75) is 19.9 Å². The highest BCUT2D eigenvalue weighted by molar-refractivity contribution is 5.83. The summed E-state index contributed by atoms with van der Waals surface area (Å²) in [4.78, 5) is 25.7. The summed E-state index contributed by atoms with van der Waals surface area (Å²) in [5.74, 6) is 0.865. The third-order valence-corrected chi connectivity index (χ3v) is 4.18. The first kappa shape index (κ1) is 20.3. The van der Waals surface area contributed by atoms with Gasteiger partial charge in [0.1, 0.15) is 0 Å². The van der Waals surface area contributed by atoms with Crippen molar-refractivity contribution < 1.29 is 19.1 Å². The highest BCUT2D eigenvalue weighted by Gasteiger charge is 2.15. The average Bonchev–Trinajstić information content (AvgIpc) is 2.68. The molecule has 0 saturated heterocycles. The van der Waals surface area contributed by atoms with Crippen molar-refractivity contribution in [2.24, 2.45) is 0 Å². The molecule has 0 atom stereocenters. The van der Waals surface area contributed by atoms with Gasteiger partial charge in [0.15, 0.2) is 11.5 Å². The van der Waals surface area contributed by atoms with Crippen LogP contribution in [0.5, 0.6) is 11.5 Å². The Hall–Kier alpha value is -3.02. The minimum Gasteiger partial charge on any atom is -0.493 e. The van der Waals surface area contributed by atoms with E-state index < -0.39 is 0 Å². The lowest BCUT2D eigenvalue weighted by Crippen LogP contribution is -2.39. The second-order valence-corrected chi connectivity index (χ2v) is 6.15. The Labute approximate surface area is 160 Å². The molecule has 0 aliphatic heterocycles. The van der Waals surface area contributed by atoms with Crippen molar-refractivity contribution in [3.05, 3.63) is 59.7 Å². The van der Waals surface area contributed by atoms with Crippen LogP contribution >= 0.6 is 0 Å². The van der Waals surface area contributed by atoms with Crippen LogP contribution in [0, 0.1) is 0 Å². The van der Waals surface area contributed by atoms with Crippen molar-refractivity contribution in [1.82, 2.24) is 10.2 Å². The summed E-state index contributed by atoms with van der Waals surface area (Å²) >= 11 is 0. The standard InChI is InChI=1S/C21H26N2O4/c1-16(24)23(14-18-9-10-19(26-2)20(13-18)27-3)15-21(25)22-12-11-17-7-5-4-6-8-17/h4-10,13H,11-12,14-15H2,1-3H3,(H,22,25). The Bertz CT molecular complexity index is 762. The number of carbonyl (C=O) groups is 2. The van der Waals surface area contributed by atoms with Gasteiger partial charge in [-0.25, -0.2) is 0 Å². The number of rotatable bonds is 9. The zero-order chi connectivity index (χ0) is 19.6. The van der Waals surface area contributed by atoms with Crippen molar-refractivity contribution in [2.75, 3.05) is 27.3 Å².